The van der Waals surface area contributed by atoms with E-state index in [2.05, 4.69) is 22.6 Å². The third-order valence-corrected chi connectivity index (χ3v) is 0.806. The first-order valence-corrected chi connectivity index (χ1v) is 2.73. The molecule has 0 radical (unpaired) electrons. The molecule has 0 aliphatic rings. The number of esters is 1. The lowest BCUT2D eigenvalue weighted by Gasteiger charge is -2.01. The van der Waals surface area contributed by atoms with Gasteiger partial charge in [-0.05, 0) is 6.58 Å². The highest BCUT2D eigenvalue weighted by atomic mass is 16.6. The summed E-state index contributed by atoms with van der Waals surface area (Å²) in [6, 6.07) is 0. The van der Waals surface area contributed by atoms with Crippen molar-refractivity contribution in [2.75, 3.05) is 13.7 Å². The minimum absolute atomic E-state index is 0.00171. The molecule has 0 aromatic rings. The first kappa shape index (κ1) is 8.75. The molecule has 0 unspecified atom stereocenters. The summed E-state index contributed by atoms with van der Waals surface area (Å²) >= 11 is 0. The van der Waals surface area contributed by atoms with Gasteiger partial charge in [-0.1, -0.05) is 12.7 Å². The first-order valence-electron chi connectivity index (χ1n) is 2.73. The van der Waals surface area contributed by atoms with E-state index in [1.807, 2.05) is 0 Å². The van der Waals surface area contributed by atoms with E-state index in [4.69, 9.17) is 0 Å². The third kappa shape index (κ3) is 2.91. The molecule has 0 spiro atoms. The Morgan fingerprint density at radius 2 is 2.30 bits per heavy atom. The number of carbonyl (C=O) groups is 1. The van der Waals surface area contributed by atoms with Crippen molar-refractivity contribution in [2.24, 2.45) is 0 Å². The Hall–Kier alpha value is -1.25. The van der Waals surface area contributed by atoms with Crippen LogP contribution in [0.15, 0.2) is 25.0 Å². The number of ether oxygens (including phenoxy) is 2. The molecular weight excluding hydrogens is 132 g/mol. The minimum Gasteiger partial charge on any atom is -0.490 e. The lowest BCUT2D eigenvalue weighted by Crippen LogP contribution is -2.07. The summed E-state index contributed by atoms with van der Waals surface area (Å²) in [6.45, 7) is 6.85. The molecular formula is C7H10O3. The average molecular weight is 142 g/mol. The number of carbonyl (C=O) groups excluding carboxylic acids is 1. The Kier molecular flexibility index (Phi) is 4.04. The van der Waals surface area contributed by atoms with Crippen LogP contribution in [0.2, 0.25) is 0 Å². The summed E-state index contributed by atoms with van der Waals surface area (Å²) in [7, 11) is 1.36. The van der Waals surface area contributed by atoms with Gasteiger partial charge in [0, 0.05) is 0 Å². The molecule has 0 aliphatic carbocycles. The van der Waals surface area contributed by atoms with E-state index in [-0.39, 0.29) is 12.4 Å². The SMILES string of the molecule is C=CCOC(=O)C(=C)OC. The van der Waals surface area contributed by atoms with Crippen LogP contribution >= 0.6 is 0 Å². The number of hydrogen-bond acceptors (Lipinski definition) is 3. The zero-order chi connectivity index (χ0) is 7.98. The van der Waals surface area contributed by atoms with Crippen molar-refractivity contribution in [3.8, 4) is 0 Å². The van der Waals surface area contributed by atoms with Crippen molar-refractivity contribution in [3.05, 3.63) is 25.0 Å². The Morgan fingerprint density at radius 3 is 2.70 bits per heavy atom. The van der Waals surface area contributed by atoms with Gasteiger partial charge in [0.05, 0.1) is 7.11 Å². The average Bonchev–Trinajstić information content (AvgIpc) is 1.98. The van der Waals surface area contributed by atoms with Gasteiger partial charge in [0.1, 0.15) is 6.61 Å². The van der Waals surface area contributed by atoms with Crippen LogP contribution in [0, 0.1) is 0 Å². The van der Waals surface area contributed by atoms with E-state index < -0.39 is 5.97 Å². The van der Waals surface area contributed by atoms with Crippen molar-refractivity contribution >= 4 is 5.97 Å². The van der Waals surface area contributed by atoms with Gasteiger partial charge in [-0.3, -0.25) is 0 Å². The highest BCUT2D eigenvalue weighted by Crippen LogP contribution is 1.93. The van der Waals surface area contributed by atoms with E-state index in [1.165, 1.54) is 13.2 Å². The Balaban J connectivity index is 3.62. The fourth-order valence-corrected chi connectivity index (χ4v) is 0.298. The van der Waals surface area contributed by atoms with Crippen LogP contribution in [-0.4, -0.2) is 19.7 Å². The standard InChI is InChI=1S/C7H10O3/c1-4-5-10-7(8)6(2)9-3/h4H,1-2,5H2,3H3. The van der Waals surface area contributed by atoms with Crippen molar-refractivity contribution in [1.82, 2.24) is 0 Å². The molecule has 0 bridgehead atoms. The zero-order valence-electron chi connectivity index (χ0n) is 5.92. The number of rotatable bonds is 4. The first-order chi connectivity index (χ1) is 4.72. The van der Waals surface area contributed by atoms with Crippen LogP contribution in [-0.2, 0) is 14.3 Å². The van der Waals surface area contributed by atoms with Gasteiger partial charge in [-0.15, -0.1) is 0 Å². The largest absolute Gasteiger partial charge is 0.490 e. The smallest absolute Gasteiger partial charge is 0.373 e. The van der Waals surface area contributed by atoms with E-state index >= 15 is 0 Å². The molecule has 3 nitrogen and oxygen atoms in total. The van der Waals surface area contributed by atoms with Gasteiger partial charge in [0.25, 0.3) is 0 Å². The van der Waals surface area contributed by atoms with Crippen LogP contribution in [0.4, 0.5) is 0 Å². The minimum atomic E-state index is -0.553. The normalized spacial score (nSPS) is 8.10. The van der Waals surface area contributed by atoms with E-state index in [0.29, 0.717) is 0 Å². The van der Waals surface area contributed by atoms with Crippen LogP contribution in [0.3, 0.4) is 0 Å². The molecule has 0 N–H and O–H groups in total. The van der Waals surface area contributed by atoms with E-state index in [9.17, 15) is 4.79 Å². The lowest BCUT2D eigenvalue weighted by atomic mass is 10.6. The van der Waals surface area contributed by atoms with Gasteiger partial charge in [-0.2, -0.15) is 0 Å². The van der Waals surface area contributed by atoms with Crippen LogP contribution < -0.4 is 0 Å². The van der Waals surface area contributed by atoms with Crippen molar-refractivity contribution in [3.63, 3.8) is 0 Å². The van der Waals surface area contributed by atoms with Crippen molar-refractivity contribution in [2.45, 2.75) is 0 Å². The molecule has 3 heteroatoms. The van der Waals surface area contributed by atoms with Gasteiger partial charge in [0.2, 0.25) is 0 Å². The van der Waals surface area contributed by atoms with E-state index in [1.54, 1.807) is 0 Å². The summed E-state index contributed by atoms with van der Waals surface area (Å²) in [6.07, 6.45) is 1.47. The molecule has 0 aromatic carbocycles. The lowest BCUT2D eigenvalue weighted by molar-refractivity contribution is -0.141. The highest BCUT2D eigenvalue weighted by molar-refractivity contribution is 5.85. The maximum absolute atomic E-state index is 10.6. The topological polar surface area (TPSA) is 35.5 Å². The second-order valence-corrected chi connectivity index (χ2v) is 1.51. The number of hydrogen-bond donors (Lipinski definition) is 0. The van der Waals surface area contributed by atoms with Crippen LogP contribution in [0.5, 0.6) is 0 Å². The van der Waals surface area contributed by atoms with Crippen LogP contribution in [0.25, 0.3) is 0 Å². The molecule has 10 heavy (non-hydrogen) atoms. The van der Waals surface area contributed by atoms with Gasteiger partial charge in [0.15, 0.2) is 5.76 Å². The maximum atomic E-state index is 10.6. The summed E-state index contributed by atoms with van der Waals surface area (Å²) in [4.78, 5) is 10.6. The summed E-state index contributed by atoms with van der Waals surface area (Å²) in [5, 5.41) is 0. The molecule has 0 rings (SSSR count). The van der Waals surface area contributed by atoms with Gasteiger partial charge < -0.3 is 9.47 Å². The molecule has 0 aromatic heterocycles. The molecule has 56 valence electrons. The summed E-state index contributed by atoms with van der Waals surface area (Å²) in [5.74, 6) is -0.552. The summed E-state index contributed by atoms with van der Waals surface area (Å²) in [5.41, 5.74) is 0. The molecule has 0 saturated carbocycles. The molecule has 0 heterocycles. The van der Waals surface area contributed by atoms with Gasteiger partial charge >= 0.3 is 5.97 Å². The van der Waals surface area contributed by atoms with E-state index in [0.717, 1.165) is 0 Å². The molecule has 0 aliphatic heterocycles. The Labute approximate surface area is 59.9 Å². The molecule has 0 saturated heterocycles. The zero-order valence-corrected chi connectivity index (χ0v) is 5.92. The second-order valence-electron chi connectivity index (χ2n) is 1.51. The highest BCUT2D eigenvalue weighted by Gasteiger charge is 2.05. The predicted octanol–water partition coefficient (Wildman–Crippen LogP) is 0.876. The Morgan fingerprint density at radius 1 is 1.70 bits per heavy atom. The summed E-state index contributed by atoms with van der Waals surface area (Å²) < 4.78 is 9.07. The fourth-order valence-electron chi connectivity index (χ4n) is 0.298. The van der Waals surface area contributed by atoms with Crippen LogP contribution in [0.1, 0.15) is 0 Å². The van der Waals surface area contributed by atoms with Crippen molar-refractivity contribution < 1.29 is 14.3 Å². The Bertz CT molecular complexity index is 149. The second kappa shape index (κ2) is 4.61. The van der Waals surface area contributed by atoms with Crippen molar-refractivity contribution in [1.29, 1.82) is 0 Å². The molecule has 0 atom stereocenters. The quantitative estimate of drug-likeness (QED) is 0.253. The number of methoxy groups -OCH3 is 1. The predicted molar refractivity (Wildman–Crippen MR) is 37.3 cm³/mol. The monoisotopic (exact) mass is 142 g/mol. The van der Waals surface area contributed by atoms with Gasteiger partial charge in [-0.25, -0.2) is 4.79 Å². The third-order valence-electron chi connectivity index (χ3n) is 0.806. The maximum Gasteiger partial charge on any atom is 0.373 e. The molecule has 0 fully saturated rings. The fraction of sp³-hybridized carbons (Fsp3) is 0.286. The molecule has 0 amide bonds.